The third kappa shape index (κ3) is 2.91. The van der Waals surface area contributed by atoms with E-state index in [9.17, 15) is 4.79 Å². The van der Waals surface area contributed by atoms with Gasteiger partial charge in [-0.3, -0.25) is 4.79 Å². The number of rotatable bonds is 5. The highest BCUT2D eigenvalue weighted by molar-refractivity contribution is 7.09. The van der Waals surface area contributed by atoms with Gasteiger partial charge in [0.05, 0.1) is 4.88 Å². The van der Waals surface area contributed by atoms with Crippen LogP contribution in [0.5, 0.6) is 0 Å². The minimum absolute atomic E-state index is 0.113. The number of carbonyl (C=O) groups excluding carboxylic acids is 1. The number of aliphatic hydroxyl groups excluding tert-OH is 1. The monoisotopic (exact) mass is 276 g/mol. The van der Waals surface area contributed by atoms with Crippen LogP contribution in [-0.2, 0) is 6.42 Å². The molecule has 1 unspecified atom stereocenters. The summed E-state index contributed by atoms with van der Waals surface area (Å²) < 4.78 is 1.99. The van der Waals surface area contributed by atoms with Crippen LogP contribution in [0.3, 0.4) is 0 Å². The number of hydrogen-bond acceptors (Lipinski definition) is 3. The fraction of sp³-hybridized carbons (Fsp3) is 0.333. The Kier molecular flexibility index (Phi) is 4.45. The summed E-state index contributed by atoms with van der Waals surface area (Å²) in [5.74, 6) is 0.113. The molecule has 2 aromatic rings. The van der Waals surface area contributed by atoms with Gasteiger partial charge in [0, 0.05) is 32.4 Å². The number of ketones is 1. The van der Waals surface area contributed by atoms with E-state index in [-0.39, 0.29) is 18.4 Å². The number of thiazole rings is 1. The van der Waals surface area contributed by atoms with Crippen molar-refractivity contribution in [1.29, 1.82) is 0 Å². The van der Waals surface area contributed by atoms with Gasteiger partial charge >= 0.3 is 0 Å². The lowest BCUT2D eigenvalue weighted by molar-refractivity contribution is -0.706. The molecule has 0 aliphatic carbocycles. The summed E-state index contributed by atoms with van der Waals surface area (Å²) >= 11 is 1.59. The Morgan fingerprint density at radius 3 is 2.68 bits per heavy atom. The van der Waals surface area contributed by atoms with Crippen LogP contribution >= 0.6 is 11.3 Å². The van der Waals surface area contributed by atoms with Crippen molar-refractivity contribution in [3.63, 3.8) is 0 Å². The van der Waals surface area contributed by atoms with E-state index >= 15 is 0 Å². The highest BCUT2D eigenvalue weighted by Gasteiger charge is 2.27. The molecule has 0 aliphatic rings. The predicted molar refractivity (Wildman–Crippen MR) is 75.5 cm³/mol. The van der Waals surface area contributed by atoms with Crippen LogP contribution in [0, 0.1) is 6.92 Å². The Balaban J connectivity index is 2.25. The normalized spacial score (nSPS) is 12.4. The van der Waals surface area contributed by atoms with Crippen LogP contribution in [0.4, 0.5) is 0 Å². The quantitative estimate of drug-likeness (QED) is 0.672. The summed E-state index contributed by atoms with van der Waals surface area (Å²) in [6.45, 7) is 4.05. The summed E-state index contributed by atoms with van der Waals surface area (Å²) in [4.78, 5) is 13.5. The molecule has 0 saturated carbocycles. The zero-order valence-electron chi connectivity index (χ0n) is 11.2. The largest absolute Gasteiger partial charge is 0.396 e. The molecule has 1 atom stereocenters. The Labute approximate surface area is 117 Å². The number of nitrogens with zero attached hydrogens (tertiary/aromatic N) is 1. The first-order valence-corrected chi connectivity index (χ1v) is 7.21. The maximum Gasteiger partial charge on any atom is 0.230 e. The first kappa shape index (κ1) is 13.9. The van der Waals surface area contributed by atoms with Crippen LogP contribution in [0.2, 0.25) is 0 Å². The number of aliphatic hydroxyl groups is 1. The van der Waals surface area contributed by atoms with Gasteiger partial charge in [0.25, 0.3) is 0 Å². The predicted octanol–water partition coefficient (Wildman–Crippen LogP) is 2.32. The fourth-order valence-corrected chi connectivity index (χ4v) is 3.19. The van der Waals surface area contributed by atoms with E-state index in [2.05, 4.69) is 0 Å². The van der Waals surface area contributed by atoms with Crippen LogP contribution in [0.25, 0.3) is 0 Å². The Hall–Kier alpha value is -1.52. The van der Waals surface area contributed by atoms with Crippen molar-refractivity contribution in [2.24, 2.45) is 0 Å². The molecule has 2 rings (SSSR count). The average Bonchev–Trinajstić information content (AvgIpc) is 2.80. The second-order valence-corrected chi connectivity index (χ2v) is 5.46. The summed E-state index contributed by atoms with van der Waals surface area (Å²) in [6.07, 6.45) is 0.649. The molecule has 1 aromatic heterocycles. The third-order valence-electron chi connectivity index (χ3n) is 3.29. The van der Waals surface area contributed by atoms with Gasteiger partial charge in [-0.15, -0.1) is 0 Å². The van der Waals surface area contributed by atoms with Crippen LogP contribution < -0.4 is 4.57 Å². The smallest absolute Gasteiger partial charge is 0.230 e. The average molecular weight is 276 g/mol. The molecule has 0 radical (unpaired) electrons. The van der Waals surface area contributed by atoms with E-state index in [1.54, 1.807) is 11.3 Å². The van der Waals surface area contributed by atoms with Gasteiger partial charge in [-0.2, -0.15) is 4.57 Å². The van der Waals surface area contributed by atoms with E-state index in [1.165, 1.54) is 0 Å². The maximum atomic E-state index is 12.4. The summed E-state index contributed by atoms with van der Waals surface area (Å²) in [6, 6.07) is 9.13. The molecule has 0 spiro atoms. The number of aromatic nitrogens is 1. The Bertz CT molecular complexity index is 563. The molecule has 1 N–H and O–H groups in total. The highest BCUT2D eigenvalue weighted by atomic mass is 32.1. The first-order valence-electron chi connectivity index (χ1n) is 6.33. The van der Waals surface area contributed by atoms with Crippen molar-refractivity contribution in [2.45, 2.75) is 26.3 Å². The van der Waals surface area contributed by atoms with Crippen molar-refractivity contribution in [3.8, 4) is 0 Å². The Morgan fingerprint density at radius 1 is 1.37 bits per heavy atom. The Morgan fingerprint density at radius 2 is 2.05 bits per heavy atom. The number of benzene rings is 1. The SMILES string of the molecule is Cc1c(CCO)sc[n+]1C(C)C(=O)c1ccccc1. The van der Waals surface area contributed by atoms with E-state index in [4.69, 9.17) is 5.11 Å². The summed E-state index contributed by atoms with van der Waals surface area (Å²) in [7, 11) is 0. The van der Waals surface area contributed by atoms with Crippen molar-refractivity contribution in [2.75, 3.05) is 6.61 Å². The van der Waals surface area contributed by atoms with E-state index in [0.29, 0.717) is 6.42 Å². The molecule has 3 nitrogen and oxygen atoms in total. The maximum absolute atomic E-state index is 12.4. The zero-order chi connectivity index (χ0) is 13.8. The van der Waals surface area contributed by atoms with Gasteiger partial charge in [0.2, 0.25) is 17.3 Å². The second-order valence-electron chi connectivity index (χ2n) is 4.52. The standard InChI is InChI=1S/C15H18NO2S/c1-11-14(8-9-17)19-10-16(11)12(2)15(18)13-6-4-3-5-7-13/h3-7,10,12,17H,8-9H2,1-2H3/q+1. The molecule has 0 amide bonds. The number of hydrogen-bond donors (Lipinski definition) is 1. The van der Waals surface area contributed by atoms with Crippen molar-refractivity contribution in [3.05, 3.63) is 52.0 Å². The zero-order valence-corrected chi connectivity index (χ0v) is 12.0. The molecule has 0 fully saturated rings. The molecule has 1 heterocycles. The lowest BCUT2D eigenvalue weighted by Crippen LogP contribution is -2.43. The van der Waals surface area contributed by atoms with Crippen LogP contribution in [0.1, 0.15) is 33.9 Å². The minimum atomic E-state index is -0.217. The molecule has 0 aliphatic heterocycles. The van der Waals surface area contributed by atoms with Crippen molar-refractivity contribution < 1.29 is 14.5 Å². The van der Waals surface area contributed by atoms with E-state index in [0.717, 1.165) is 16.1 Å². The lowest BCUT2D eigenvalue weighted by atomic mass is 10.1. The third-order valence-corrected chi connectivity index (χ3v) is 4.41. The molecule has 0 bridgehead atoms. The molecular formula is C15H18NO2S+. The van der Waals surface area contributed by atoms with Gasteiger partial charge in [0.15, 0.2) is 5.69 Å². The van der Waals surface area contributed by atoms with Gasteiger partial charge in [-0.25, -0.2) is 0 Å². The van der Waals surface area contributed by atoms with Gasteiger partial charge in [-0.05, 0) is 0 Å². The van der Waals surface area contributed by atoms with E-state index in [1.807, 2.05) is 54.3 Å². The fourth-order valence-electron chi connectivity index (χ4n) is 2.12. The molecular weight excluding hydrogens is 258 g/mol. The van der Waals surface area contributed by atoms with Gasteiger partial charge in [-0.1, -0.05) is 41.7 Å². The van der Waals surface area contributed by atoms with Gasteiger partial charge in [0.1, 0.15) is 0 Å². The van der Waals surface area contributed by atoms with Crippen molar-refractivity contribution in [1.82, 2.24) is 0 Å². The topological polar surface area (TPSA) is 41.2 Å². The summed E-state index contributed by atoms with van der Waals surface area (Å²) in [5, 5.41) is 9.01. The first-order chi connectivity index (χ1) is 9.15. The molecule has 19 heavy (non-hydrogen) atoms. The summed E-state index contributed by atoms with van der Waals surface area (Å²) in [5.41, 5.74) is 3.76. The lowest BCUT2D eigenvalue weighted by Gasteiger charge is -2.06. The second kappa shape index (κ2) is 6.08. The van der Waals surface area contributed by atoms with Crippen LogP contribution in [0.15, 0.2) is 35.8 Å². The van der Waals surface area contributed by atoms with Gasteiger partial charge < -0.3 is 5.11 Å². The van der Waals surface area contributed by atoms with E-state index < -0.39 is 0 Å². The molecule has 1 aromatic carbocycles. The molecule has 4 heteroatoms. The highest BCUT2D eigenvalue weighted by Crippen LogP contribution is 2.16. The molecule has 100 valence electrons. The van der Waals surface area contributed by atoms with Crippen LogP contribution in [-0.4, -0.2) is 17.5 Å². The van der Waals surface area contributed by atoms with Crippen molar-refractivity contribution >= 4 is 17.1 Å². The minimum Gasteiger partial charge on any atom is -0.396 e. The number of carbonyl (C=O) groups is 1. The molecule has 0 saturated heterocycles. The number of Topliss-reactive ketones (excluding diaryl/α,β-unsaturated/α-hetero) is 1.